The number of ether oxygens (including phenoxy) is 1. The molecular weight excluding hydrogens is 278 g/mol. The van der Waals surface area contributed by atoms with Crippen molar-refractivity contribution >= 4 is 17.6 Å². The SMILES string of the molecule is CN1C(=O)[C@]2(OC(=O)C[C@@H]2c2ccccc2)c2ccccc21. The van der Waals surface area contributed by atoms with E-state index in [0.717, 1.165) is 16.8 Å². The van der Waals surface area contributed by atoms with Gasteiger partial charge in [0.15, 0.2) is 0 Å². The second-order valence-electron chi connectivity index (χ2n) is 5.76. The molecule has 22 heavy (non-hydrogen) atoms. The fourth-order valence-electron chi connectivity index (χ4n) is 3.63. The maximum absolute atomic E-state index is 13.0. The quantitative estimate of drug-likeness (QED) is 0.759. The second kappa shape index (κ2) is 4.44. The van der Waals surface area contributed by atoms with E-state index in [9.17, 15) is 9.59 Å². The van der Waals surface area contributed by atoms with Crippen LogP contribution >= 0.6 is 0 Å². The van der Waals surface area contributed by atoms with Gasteiger partial charge in [-0.3, -0.25) is 9.59 Å². The number of para-hydroxylation sites is 1. The number of amides is 1. The molecule has 2 atom stereocenters. The zero-order valence-electron chi connectivity index (χ0n) is 12.2. The van der Waals surface area contributed by atoms with Gasteiger partial charge < -0.3 is 9.64 Å². The number of hydrogen-bond donors (Lipinski definition) is 0. The van der Waals surface area contributed by atoms with Crippen molar-refractivity contribution in [2.75, 3.05) is 11.9 Å². The first-order valence-electron chi connectivity index (χ1n) is 7.29. The molecule has 1 saturated heterocycles. The number of anilines is 1. The summed E-state index contributed by atoms with van der Waals surface area (Å²) in [6, 6.07) is 17.2. The number of hydrogen-bond acceptors (Lipinski definition) is 3. The van der Waals surface area contributed by atoms with E-state index >= 15 is 0 Å². The molecule has 4 nitrogen and oxygen atoms in total. The fraction of sp³-hybridized carbons (Fsp3) is 0.222. The first-order valence-corrected chi connectivity index (χ1v) is 7.29. The minimum absolute atomic E-state index is 0.173. The van der Waals surface area contributed by atoms with Crippen molar-refractivity contribution < 1.29 is 14.3 Å². The third kappa shape index (κ3) is 1.52. The number of carbonyl (C=O) groups is 2. The monoisotopic (exact) mass is 293 g/mol. The zero-order valence-corrected chi connectivity index (χ0v) is 12.2. The Morgan fingerprint density at radius 1 is 1.05 bits per heavy atom. The average Bonchev–Trinajstić information content (AvgIpc) is 3.01. The van der Waals surface area contributed by atoms with E-state index < -0.39 is 5.60 Å². The summed E-state index contributed by atoms with van der Waals surface area (Å²) < 4.78 is 5.66. The molecule has 1 amide bonds. The molecule has 0 unspecified atom stereocenters. The Labute approximate surface area is 128 Å². The lowest BCUT2D eigenvalue weighted by Gasteiger charge is -2.28. The van der Waals surface area contributed by atoms with Crippen molar-refractivity contribution in [1.29, 1.82) is 0 Å². The van der Waals surface area contributed by atoms with Crippen LogP contribution < -0.4 is 4.90 Å². The highest BCUT2D eigenvalue weighted by atomic mass is 16.6. The van der Waals surface area contributed by atoms with Crippen molar-refractivity contribution in [3.8, 4) is 0 Å². The number of benzene rings is 2. The first-order chi connectivity index (χ1) is 10.6. The van der Waals surface area contributed by atoms with Crippen LogP contribution in [-0.2, 0) is 19.9 Å². The molecule has 0 radical (unpaired) electrons. The molecule has 0 aromatic heterocycles. The summed E-state index contributed by atoms with van der Waals surface area (Å²) in [5.74, 6) is -0.791. The van der Waals surface area contributed by atoms with E-state index in [1.165, 1.54) is 0 Å². The van der Waals surface area contributed by atoms with Gasteiger partial charge in [0.05, 0.1) is 12.1 Å². The first kappa shape index (κ1) is 13.1. The zero-order chi connectivity index (χ0) is 15.3. The molecule has 2 aromatic carbocycles. The summed E-state index contributed by atoms with van der Waals surface area (Å²) in [4.78, 5) is 26.6. The maximum Gasteiger partial charge on any atom is 0.308 e. The van der Waals surface area contributed by atoms with Crippen LogP contribution in [0.15, 0.2) is 54.6 Å². The maximum atomic E-state index is 13.0. The minimum atomic E-state index is -1.22. The molecule has 2 heterocycles. The van der Waals surface area contributed by atoms with Gasteiger partial charge in [0.25, 0.3) is 5.91 Å². The number of nitrogens with zero attached hydrogens (tertiary/aromatic N) is 1. The lowest BCUT2D eigenvalue weighted by molar-refractivity contribution is -0.157. The van der Waals surface area contributed by atoms with Gasteiger partial charge in [-0.25, -0.2) is 0 Å². The normalized spacial score (nSPS) is 26.4. The van der Waals surface area contributed by atoms with Gasteiger partial charge in [0.1, 0.15) is 0 Å². The molecule has 4 heteroatoms. The lowest BCUT2D eigenvalue weighted by atomic mass is 9.78. The Morgan fingerprint density at radius 2 is 1.73 bits per heavy atom. The molecule has 0 saturated carbocycles. The summed E-state index contributed by atoms with van der Waals surface area (Å²) in [6.07, 6.45) is 0.220. The van der Waals surface area contributed by atoms with Crippen LogP contribution in [0.25, 0.3) is 0 Å². The Kier molecular flexibility index (Phi) is 2.64. The number of rotatable bonds is 1. The second-order valence-corrected chi connectivity index (χ2v) is 5.76. The Bertz CT molecular complexity index is 771. The van der Waals surface area contributed by atoms with E-state index in [1.54, 1.807) is 11.9 Å². The van der Waals surface area contributed by atoms with Crippen molar-refractivity contribution in [2.24, 2.45) is 0 Å². The lowest BCUT2D eigenvalue weighted by Crippen LogP contribution is -2.42. The van der Waals surface area contributed by atoms with Gasteiger partial charge in [0, 0.05) is 18.5 Å². The van der Waals surface area contributed by atoms with Crippen molar-refractivity contribution in [3.63, 3.8) is 0 Å². The number of fused-ring (bicyclic) bond motifs is 2. The van der Waals surface area contributed by atoms with Crippen LogP contribution in [-0.4, -0.2) is 18.9 Å². The van der Waals surface area contributed by atoms with Crippen molar-refractivity contribution in [1.82, 2.24) is 0 Å². The highest BCUT2D eigenvalue weighted by molar-refractivity contribution is 6.09. The molecular formula is C18H15NO3. The summed E-state index contributed by atoms with van der Waals surface area (Å²) >= 11 is 0. The highest BCUT2D eigenvalue weighted by Gasteiger charge is 2.62. The summed E-state index contributed by atoms with van der Waals surface area (Å²) in [5, 5.41) is 0. The van der Waals surface area contributed by atoms with Gasteiger partial charge in [-0.1, -0.05) is 48.5 Å². The van der Waals surface area contributed by atoms with Crippen molar-refractivity contribution in [3.05, 3.63) is 65.7 Å². The molecule has 2 aliphatic rings. The molecule has 1 fully saturated rings. The van der Waals surface area contributed by atoms with E-state index in [0.29, 0.717) is 0 Å². The van der Waals surface area contributed by atoms with Crippen LogP contribution in [0.1, 0.15) is 23.5 Å². The van der Waals surface area contributed by atoms with E-state index in [4.69, 9.17) is 4.74 Å². The molecule has 0 N–H and O–H groups in total. The number of carbonyl (C=O) groups excluding carboxylic acids is 2. The predicted octanol–water partition coefficient (Wildman–Crippen LogP) is 2.59. The van der Waals surface area contributed by atoms with Crippen LogP contribution in [0, 0.1) is 0 Å². The van der Waals surface area contributed by atoms with Crippen LogP contribution in [0.2, 0.25) is 0 Å². The minimum Gasteiger partial charge on any atom is -0.443 e. The third-order valence-electron chi connectivity index (χ3n) is 4.63. The Morgan fingerprint density at radius 3 is 2.50 bits per heavy atom. The molecule has 110 valence electrons. The van der Waals surface area contributed by atoms with Gasteiger partial charge >= 0.3 is 5.97 Å². The Balaban J connectivity index is 1.95. The topological polar surface area (TPSA) is 46.6 Å². The van der Waals surface area contributed by atoms with Gasteiger partial charge in [0.2, 0.25) is 5.60 Å². The third-order valence-corrected chi connectivity index (χ3v) is 4.63. The molecule has 4 rings (SSSR count). The summed E-state index contributed by atoms with van der Waals surface area (Å²) in [6.45, 7) is 0. The number of esters is 1. The summed E-state index contributed by atoms with van der Waals surface area (Å²) in [7, 11) is 1.73. The van der Waals surface area contributed by atoms with Crippen LogP contribution in [0.4, 0.5) is 5.69 Å². The molecule has 0 bridgehead atoms. The largest absolute Gasteiger partial charge is 0.443 e. The average molecular weight is 293 g/mol. The Hall–Kier alpha value is -2.62. The number of likely N-dealkylation sites (N-methyl/N-ethyl adjacent to an activating group) is 1. The fourth-order valence-corrected chi connectivity index (χ4v) is 3.63. The van der Waals surface area contributed by atoms with Crippen LogP contribution in [0.3, 0.4) is 0 Å². The van der Waals surface area contributed by atoms with Gasteiger partial charge in [-0.05, 0) is 11.6 Å². The van der Waals surface area contributed by atoms with Gasteiger partial charge in [-0.2, -0.15) is 0 Å². The van der Waals surface area contributed by atoms with Crippen molar-refractivity contribution in [2.45, 2.75) is 17.9 Å². The predicted molar refractivity (Wildman–Crippen MR) is 81.4 cm³/mol. The molecule has 1 spiro atoms. The van der Waals surface area contributed by atoms with Crippen LogP contribution in [0.5, 0.6) is 0 Å². The van der Waals surface area contributed by atoms with E-state index in [-0.39, 0.29) is 24.2 Å². The molecule has 0 aliphatic carbocycles. The highest BCUT2D eigenvalue weighted by Crippen LogP contribution is 2.54. The van der Waals surface area contributed by atoms with E-state index in [1.807, 2.05) is 54.6 Å². The van der Waals surface area contributed by atoms with E-state index in [2.05, 4.69) is 0 Å². The molecule has 2 aromatic rings. The van der Waals surface area contributed by atoms with Gasteiger partial charge in [-0.15, -0.1) is 0 Å². The molecule has 2 aliphatic heterocycles. The summed E-state index contributed by atoms with van der Waals surface area (Å²) in [5.41, 5.74) is 1.32. The smallest absolute Gasteiger partial charge is 0.308 e. The standard InChI is InChI=1S/C18H15NO3/c1-19-15-10-6-5-9-13(15)18(17(19)21)14(11-16(20)22-18)12-7-3-2-4-8-12/h2-10,14H,11H2,1H3/t14-,18+/m1/s1.